The highest BCUT2D eigenvalue weighted by atomic mass is 32.2. The zero-order valence-corrected chi connectivity index (χ0v) is 21.9. The predicted molar refractivity (Wildman–Crippen MR) is 135 cm³/mol. The largest absolute Gasteiger partial charge is 0.486 e. The molecule has 34 heavy (non-hydrogen) atoms. The van der Waals surface area contributed by atoms with Crippen molar-refractivity contribution in [2.75, 3.05) is 18.2 Å². The van der Waals surface area contributed by atoms with Gasteiger partial charge in [-0.3, -0.25) is 4.79 Å². The molecule has 0 fully saturated rings. The van der Waals surface area contributed by atoms with Gasteiger partial charge in [0.2, 0.25) is 5.91 Å². The average molecular weight is 503 g/mol. The molecule has 1 amide bonds. The number of thiophene rings is 1. The number of thioether (sulfide) groups is 1. The van der Waals surface area contributed by atoms with Crippen molar-refractivity contribution in [3.05, 3.63) is 52.2 Å². The molecule has 0 saturated carbocycles. The molecule has 2 aromatic heterocycles. The van der Waals surface area contributed by atoms with Gasteiger partial charge in [-0.25, -0.2) is 4.79 Å². The molecule has 10 heteroatoms. The van der Waals surface area contributed by atoms with E-state index in [9.17, 15) is 9.59 Å². The van der Waals surface area contributed by atoms with Crippen molar-refractivity contribution in [3.8, 4) is 5.75 Å². The number of nitrogens with zero attached hydrogens (tertiary/aromatic N) is 3. The number of carbonyl (C=O) groups is 2. The Morgan fingerprint density at radius 1 is 1.18 bits per heavy atom. The van der Waals surface area contributed by atoms with E-state index in [1.54, 1.807) is 6.07 Å². The molecule has 182 valence electrons. The number of aryl methyl sites for hydroxylation is 1. The van der Waals surface area contributed by atoms with Crippen LogP contribution in [0.25, 0.3) is 0 Å². The summed E-state index contributed by atoms with van der Waals surface area (Å²) in [6, 6.07) is 9.79. The lowest BCUT2D eigenvalue weighted by atomic mass is 9.87. The topological polar surface area (TPSA) is 95.3 Å². The first-order chi connectivity index (χ1) is 16.1. The highest BCUT2D eigenvalue weighted by molar-refractivity contribution is 7.99. The predicted octanol–water partition coefficient (Wildman–Crippen LogP) is 4.83. The minimum atomic E-state index is -0.468. The Labute approximate surface area is 208 Å². The summed E-state index contributed by atoms with van der Waals surface area (Å²) >= 11 is 2.64. The van der Waals surface area contributed by atoms with Gasteiger partial charge < -0.3 is 19.4 Å². The normalized spacial score (nSPS) is 11.4. The second-order valence-electron chi connectivity index (χ2n) is 8.66. The van der Waals surface area contributed by atoms with E-state index in [2.05, 4.69) is 48.4 Å². The van der Waals surface area contributed by atoms with Gasteiger partial charge in [-0.1, -0.05) is 51.6 Å². The first kappa shape index (κ1) is 25.8. The van der Waals surface area contributed by atoms with E-state index in [0.29, 0.717) is 21.5 Å². The Morgan fingerprint density at radius 3 is 2.50 bits per heavy atom. The van der Waals surface area contributed by atoms with Crippen molar-refractivity contribution < 1.29 is 19.1 Å². The molecular weight excluding hydrogens is 472 g/mol. The maximum Gasteiger partial charge on any atom is 0.340 e. The molecular formula is C24H30N4O4S2. The van der Waals surface area contributed by atoms with Gasteiger partial charge in [0.25, 0.3) is 0 Å². The molecule has 3 aromatic rings. The van der Waals surface area contributed by atoms with Crippen molar-refractivity contribution in [1.82, 2.24) is 14.8 Å². The van der Waals surface area contributed by atoms with E-state index >= 15 is 0 Å². The maximum absolute atomic E-state index is 12.5. The number of hydrogen-bond donors (Lipinski definition) is 1. The van der Waals surface area contributed by atoms with Crippen LogP contribution in [0.1, 0.15) is 54.3 Å². The number of aromatic nitrogens is 3. The van der Waals surface area contributed by atoms with E-state index in [4.69, 9.17) is 9.47 Å². The first-order valence-electron chi connectivity index (χ1n) is 10.9. The summed E-state index contributed by atoms with van der Waals surface area (Å²) in [7, 11) is 3.16. The fourth-order valence-electron chi connectivity index (χ4n) is 3.06. The third-order valence-corrected chi connectivity index (χ3v) is 7.35. The molecule has 8 nitrogen and oxygen atoms in total. The molecule has 3 rings (SSSR count). The third kappa shape index (κ3) is 6.38. The number of benzene rings is 1. The number of ether oxygens (including phenoxy) is 2. The molecule has 1 aromatic carbocycles. The van der Waals surface area contributed by atoms with E-state index in [1.807, 2.05) is 30.7 Å². The number of anilines is 1. The van der Waals surface area contributed by atoms with E-state index in [1.165, 1.54) is 35.8 Å². The minimum Gasteiger partial charge on any atom is -0.486 e. The molecule has 0 unspecified atom stereocenters. The summed E-state index contributed by atoms with van der Waals surface area (Å²) in [5, 5.41) is 12.3. The Hall–Kier alpha value is -2.85. The van der Waals surface area contributed by atoms with Crippen LogP contribution in [0.4, 0.5) is 5.00 Å². The van der Waals surface area contributed by atoms with Gasteiger partial charge in [0, 0.05) is 11.9 Å². The zero-order valence-electron chi connectivity index (χ0n) is 20.3. The van der Waals surface area contributed by atoms with Gasteiger partial charge in [-0.15, -0.1) is 21.5 Å². The lowest BCUT2D eigenvalue weighted by molar-refractivity contribution is -0.113. The van der Waals surface area contributed by atoms with Crippen LogP contribution in [0, 0.1) is 0 Å². The Bertz CT molecular complexity index is 1150. The van der Waals surface area contributed by atoms with Crippen LogP contribution in [-0.4, -0.2) is 39.5 Å². The summed E-state index contributed by atoms with van der Waals surface area (Å²) in [4.78, 5) is 25.5. The lowest BCUT2D eigenvalue weighted by Gasteiger charge is -2.19. The van der Waals surface area contributed by atoms with Gasteiger partial charge in [0.1, 0.15) is 17.4 Å². The highest BCUT2D eigenvalue weighted by Gasteiger charge is 2.19. The van der Waals surface area contributed by atoms with Crippen molar-refractivity contribution in [2.45, 2.75) is 51.3 Å². The number of amides is 1. The van der Waals surface area contributed by atoms with Crippen molar-refractivity contribution in [3.63, 3.8) is 0 Å². The van der Waals surface area contributed by atoms with Crippen LogP contribution in [0.5, 0.6) is 5.75 Å². The molecule has 0 atom stereocenters. The standard InChI is InChI=1S/C24H30N4O4S2/c1-7-17-12-18(22(30)31-6)21(34-17)25-20(29)14-33-23-27-26-19(28(23)5)13-32-16-10-8-15(9-11-16)24(2,3)4/h8-12H,7,13-14H2,1-6H3,(H,25,29). The summed E-state index contributed by atoms with van der Waals surface area (Å²) in [5.41, 5.74) is 1.70. The molecule has 1 N–H and O–H groups in total. The quantitative estimate of drug-likeness (QED) is 0.331. The number of rotatable bonds is 9. The average Bonchev–Trinajstić information content (AvgIpc) is 3.38. The van der Waals surface area contributed by atoms with Crippen LogP contribution in [-0.2, 0) is 35.0 Å². The van der Waals surface area contributed by atoms with Crippen LogP contribution in [0.15, 0.2) is 35.5 Å². The molecule has 0 saturated heterocycles. The minimum absolute atomic E-state index is 0.0865. The van der Waals surface area contributed by atoms with Gasteiger partial charge in [-0.05, 0) is 35.6 Å². The monoisotopic (exact) mass is 502 g/mol. The number of esters is 1. The maximum atomic E-state index is 12.5. The number of carbonyl (C=O) groups excluding carboxylic acids is 2. The van der Waals surface area contributed by atoms with Crippen molar-refractivity contribution in [2.24, 2.45) is 7.05 Å². The number of nitrogens with one attached hydrogen (secondary N) is 1. The van der Waals surface area contributed by atoms with E-state index in [-0.39, 0.29) is 23.7 Å². The summed E-state index contributed by atoms with van der Waals surface area (Å²) in [5.74, 6) is 0.834. The zero-order chi connectivity index (χ0) is 24.9. The van der Waals surface area contributed by atoms with Gasteiger partial charge in [-0.2, -0.15) is 0 Å². The molecule has 0 bridgehead atoms. The fraction of sp³-hybridized carbons (Fsp3) is 0.417. The Balaban J connectivity index is 1.56. The second kappa shape index (κ2) is 11.1. The first-order valence-corrected chi connectivity index (χ1v) is 12.7. The van der Waals surface area contributed by atoms with Crippen LogP contribution in [0.3, 0.4) is 0 Å². The van der Waals surface area contributed by atoms with Crippen LogP contribution in [0.2, 0.25) is 0 Å². The SMILES string of the molecule is CCc1cc(C(=O)OC)c(NC(=O)CSc2nnc(COc3ccc(C(C)(C)C)cc3)n2C)s1. The van der Waals surface area contributed by atoms with Gasteiger partial charge >= 0.3 is 5.97 Å². The molecule has 0 spiro atoms. The highest BCUT2D eigenvalue weighted by Crippen LogP contribution is 2.30. The van der Waals surface area contributed by atoms with E-state index < -0.39 is 5.97 Å². The lowest BCUT2D eigenvalue weighted by Crippen LogP contribution is -2.16. The molecule has 2 heterocycles. The summed E-state index contributed by atoms with van der Waals surface area (Å²) in [6.07, 6.45) is 0.768. The second-order valence-corrected chi connectivity index (χ2v) is 10.7. The van der Waals surface area contributed by atoms with Crippen LogP contribution >= 0.6 is 23.1 Å². The Morgan fingerprint density at radius 2 is 1.88 bits per heavy atom. The fourth-order valence-corrected chi connectivity index (χ4v) is 4.79. The molecule has 0 aliphatic heterocycles. The van der Waals surface area contributed by atoms with Crippen molar-refractivity contribution >= 4 is 40.0 Å². The van der Waals surface area contributed by atoms with Gasteiger partial charge in [0.15, 0.2) is 11.0 Å². The molecule has 0 aliphatic carbocycles. The smallest absolute Gasteiger partial charge is 0.340 e. The van der Waals surface area contributed by atoms with E-state index in [0.717, 1.165) is 17.0 Å². The molecule has 0 radical (unpaired) electrons. The van der Waals surface area contributed by atoms with Gasteiger partial charge in [0.05, 0.1) is 18.4 Å². The van der Waals surface area contributed by atoms with Crippen molar-refractivity contribution in [1.29, 1.82) is 0 Å². The molecule has 0 aliphatic rings. The summed E-state index contributed by atoms with van der Waals surface area (Å²) < 4.78 is 12.5. The third-order valence-electron chi connectivity index (χ3n) is 5.14. The summed E-state index contributed by atoms with van der Waals surface area (Å²) in [6.45, 7) is 8.77. The number of methoxy groups -OCH3 is 1. The van der Waals surface area contributed by atoms with Crippen LogP contribution < -0.4 is 10.1 Å². The number of hydrogen-bond acceptors (Lipinski definition) is 8. The Kier molecular flexibility index (Phi) is 8.37.